The fourth-order valence-corrected chi connectivity index (χ4v) is 2.75. The number of aromatic nitrogens is 1. The maximum absolute atomic E-state index is 12.6. The Labute approximate surface area is 172 Å². The molecule has 0 radical (unpaired) electrons. The van der Waals surface area contributed by atoms with Gasteiger partial charge in [-0.2, -0.15) is 0 Å². The lowest BCUT2D eigenvalue weighted by atomic mass is 10.1. The number of anilines is 1. The van der Waals surface area contributed by atoms with E-state index in [4.69, 9.17) is 19.0 Å². The second-order valence-corrected chi connectivity index (χ2v) is 6.27. The molecule has 0 aliphatic carbocycles. The van der Waals surface area contributed by atoms with Crippen LogP contribution in [0, 0.1) is 0 Å². The van der Waals surface area contributed by atoms with Crippen molar-refractivity contribution in [1.29, 1.82) is 0 Å². The maximum Gasteiger partial charge on any atom is 0.405 e. The highest BCUT2D eigenvalue weighted by molar-refractivity contribution is 5.97. The van der Waals surface area contributed by atoms with E-state index in [1.165, 1.54) is 13.5 Å². The zero-order valence-electron chi connectivity index (χ0n) is 16.2. The van der Waals surface area contributed by atoms with Crippen LogP contribution in [0.4, 0.5) is 10.5 Å². The van der Waals surface area contributed by atoms with Gasteiger partial charge in [0.15, 0.2) is 12.2 Å². The Morgan fingerprint density at radius 2 is 2.00 bits per heavy atom. The number of nitrogens with zero attached hydrogens (tertiary/aromatic N) is 1. The Bertz CT molecular complexity index is 976. The molecular weight excluding hydrogens is 390 g/mol. The van der Waals surface area contributed by atoms with Crippen LogP contribution in [0.5, 0.6) is 5.75 Å². The summed E-state index contributed by atoms with van der Waals surface area (Å²) in [6, 6.07) is 13.3. The Hall–Kier alpha value is -3.85. The number of carbonyl (C=O) groups excluding carboxylic acids is 1. The number of rotatable bonds is 9. The second kappa shape index (κ2) is 10.1. The van der Waals surface area contributed by atoms with Gasteiger partial charge in [0.2, 0.25) is 5.91 Å². The number of carboxylic acid groups (broad SMARTS) is 1. The van der Waals surface area contributed by atoms with Gasteiger partial charge < -0.3 is 29.6 Å². The quantitative estimate of drug-likeness (QED) is 0.494. The van der Waals surface area contributed by atoms with E-state index in [0.717, 1.165) is 5.56 Å². The highest BCUT2D eigenvalue weighted by Crippen LogP contribution is 2.32. The summed E-state index contributed by atoms with van der Waals surface area (Å²) in [6.45, 7) is 0.131. The summed E-state index contributed by atoms with van der Waals surface area (Å²) in [5.41, 5.74) is 2.01. The van der Waals surface area contributed by atoms with Crippen LogP contribution in [-0.4, -0.2) is 41.8 Å². The van der Waals surface area contributed by atoms with Crippen LogP contribution in [-0.2, 0) is 16.1 Å². The van der Waals surface area contributed by atoms with Crippen molar-refractivity contribution in [3.05, 3.63) is 66.7 Å². The van der Waals surface area contributed by atoms with Gasteiger partial charge >= 0.3 is 6.09 Å². The maximum atomic E-state index is 12.6. The zero-order valence-corrected chi connectivity index (χ0v) is 16.2. The average Bonchev–Trinajstić information content (AvgIpc) is 3.28. The van der Waals surface area contributed by atoms with E-state index in [9.17, 15) is 9.59 Å². The Kier molecular flexibility index (Phi) is 7.01. The molecule has 0 saturated heterocycles. The highest BCUT2D eigenvalue weighted by atomic mass is 16.5. The number of methoxy groups -OCH3 is 1. The molecule has 3 N–H and O–H groups in total. The second-order valence-electron chi connectivity index (χ2n) is 6.27. The minimum atomic E-state index is -1.32. The summed E-state index contributed by atoms with van der Waals surface area (Å²) in [7, 11) is 1.49. The highest BCUT2D eigenvalue weighted by Gasteiger charge is 2.22. The summed E-state index contributed by atoms with van der Waals surface area (Å²) in [5, 5.41) is 13.9. The summed E-state index contributed by atoms with van der Waals surface area (Å²) in [4.78, 5) is 27.6. The van der Waals surface area contributed by atoms with Gasteiger partial charge in [-0.25, -0.2) is 9.78 Å². The Balaban J connectivity index is 1.66. The minimum absolute atomic E-state index is 0.125. The number of oxazole rings is 1. The number of carbonyl (C=O) groups is 2. The van der Waals surface area contributed by atoms with E-state index in [-0.39, 0.29) is 13.2 Å². The van der Waals surface area contributed by atoms with Crippen LogP contribution < -0.4 is 15.4 Å². The van der Waals surface area contributed by atoms with Crippen molar-refractivity contribution in [3.63, 3.8) is 0 Å². The molecule has 2 amide bonds. The molecule has 2 aromatic carbocycles. The van der Waals surface area contributed by atoms with Crippen molar-refractivity contribution in [2.75, 3.05) is 19.0 Å². The molecule has 1 aromatic heterocycles. The monoisotopic (exact) mass is 411 g/mol. The standard InChI is InChI=1S/C21H21N3O6/c1-28-18-9-15(7-8-16(18)19-10-22-13-30-19)23-20(25)17(24-21(26)27)12-29-11-14-5-3-2-4-6-14/h2-10,13,17,24H,11-12H2,1H3,(H,23,25)(H,26,27). The minimum Gasteiger partial charge on any atom is -0.496 e. The number of ether oxygens (including phenoxy) is 2. The van der Waals surface area contributed by atoms with Crippen LogP contribution in [0.2, 0.25) is 0 Å². The van der Waals surface area contributed by atoms with Gasteiger partial charge in [0.1, 0.15) is 11.8 Å². The molecule has 3 rings (SSSR count). The number of nitrogens with one attached hydrogen (secondary N) is 2. The van der Waals surface area contributed by atoms with Crippen molar-refractivity contribution in [1.82, 2.24) is 10.3 Å². The van der Waals surface area contributed by atoms with E-state index in [1.54, 1.807) is 24.4 Å². The van der Waals surface area contributed by atoms with Gasteiger partial charge in [0.25, 0.3) is 0 Å². The van der Waals surface area contributed by atoms with E-state index < -0.39 is 18.0 Å². The fourth-order valence-electron chi connectivity index (χ4n) is 2.75. The molecule has 1 unspecified atom stereocenters. The Morgan fingerprint density at radius 3 is 2.67 bits per heavy atom. The zero-order chi connectivity index (χ0) is 21.3. The van der Waals surface area contributed by atoms with Gasteiger partial charge in [0.05, 0.1) is 32.1 Å². The number of hydrogen-bond donors (Lipinski definition) is 3. The molecule has 9 heteroatoms. The molecule has 156 valence electrons. The van der Waals surface area contributed by atoms with Crippen molar-refractivity contribution in [3.8, 4) is 17.1 Å². The first-order valence-electron chi connectivity index (χ1n) is 9.05. The lowest BCUT2D eigenvalue weighted by Gasteiger charge is -2.17. The fraction of sp³-hybridized carbons (Fsp3) is 0.190. The third-order valence-corrected chi connectivity index (χ3v) is 4.18. The summed E-state index contributed by atoms with van der Waals surface area (Å²) < 4.78 is 16.2. The lowest BCUT2D eigenvalue weighted by Crippen LogP contribution is -2.46. The smallest absolute Gasteiger partial charge is 0.405 e. The number of benzene rings is 2. The third kappa shape index (κ3) is 5.58. The van der Waals surface area contributed by atoms with Crippen LogP contribution in [0.15, 0.2) is 65.5 Å². The Morgan fingerprint density at radius 1 is 1.20 bits per heavy atom. The summed E-state index contributed by atoms with van der Waals surface area (Å²) in [6.07, 6.45) is 1.53. The van der Waals surface area contributed by atoms with E-state index >= 15 is 0 Å². The largest absolute Gasteiger partial charge is 0.496 e. The SMILES string of the molecule is COc1cc(NC(=O)C(COCc2ccccc2)NC(=O)O)ccc1-c1cnco1. The molecule has 9 nitrogen and oxygen atoms in total. The van der Waals surface area contributed by atoms with E-state index in [2.05, 4.69) is 15.6 Å². The van der Waals surface area contributed by atoms with Crippen LogP contribution in [0.1, 0.15) is 5.56 Å². The van der Waals surface area contributed by atoms with Gasteiger partial charge in [-0.15, -0.1) is 0 Å². The molecule has 0 bridgehead atoms. The molecule has 0 aliphatic rings. The topological polar surface area (TPSA) is 123 Å². The average molecular weight is 411 g/mol. The molecule has 0 fully saturated rings. The first-order valence-corrected chi connectivity index (χ1v) is 9.05. The molecule has 0 spiro atoms. The first-order chi connectivity index (χ1) is 14.6. The van der Waals surface area contributed by atoms with Crippen LogP contribution in [0.3, 0.4) is 0 Å². The lowest BCUT2D eigenvalue weighted by molar-refractivity contribution is -0.119. The van der Waals surface area contributed by atoms with E-state index in [1.807, 2.05) is 30.3 Å². The molecule has 30 heavy (non-hydrogen) atoms. The third-order valence-electron chi connectivity index (χ3n) is 4.18. The molecule has 1 heterocycles. The van der Waals surface area contributed by atoms with Crippen molar-refractivity contribution in [2.24, 2.45) is 0 Å². The molecule has 3 aromatic rings. The summed E-state index contributed by atoms with van der Waals surface area (Å²) >= 11 is 0. The van der Waals surface area contributed by atoms with Gasteiger partial charge in [-0.1, -0.05) is 30.3 Å². The van der Waals surface area contributed by atoms with E-state index in [0.29, 0.717) is 22.8 Å². The van der Waals surface area contributed by atoms with Crippen molar-refractivity contribution < 1.29 is 28.6 Å². The van der Waals surface area contributed by atoms with Crippen LogP contribution >= 0.6 is 0 Å². The predicted molar refractivity (Wildman–Crippen MR) is 108 cm³/mol. The van der Waals surface area contributed by atoms with Crippen LogP contribution in [0.25, 0.3) is 11.3 Å². The van der Waals surface area contributed by atoms with Gasteiger partial charge in [-0.05, 0) is 17.7 Å². The normalized spacial score (nSPS) is 11.5. The number of hydrogen-bond acceptors (Lipinski definition) is 6. The molecule has 0 aliphatic heterocycles. The molecule has 0 saturated carbocycles. The molecule has 1 atom stereocenters. The van der Waals surface area contributed by atoms with Crippen molar-refractivity contribution >= 4 is 17.7 Å². The van der Waals surface area contributed by atoms with Gasteiger partial charge in [-0.3, -0.25) is 4.79 Å². The number of amides is 2. The van der Waals surface area contributed by atoms with Gasteiger partial charge in [0, 0.05) is 11.8 Å². The summed E-state index contributed by atoms with van der Waals surface area (Å²) in [5.74, 6) is 0.428. The predicted octanol–water partition coefficient (Wildman–Crippen LogP) is 3.14. The first kappa shape index (κ1) is 20.9. The molecular formula is C21H21N3O6. The van der Waals surface area contributed by atoms with Crippen molar-refractivity contribution in [2.45, 2.75) is 12.6 Å².